The molecule has 0 fully saturated rings. The average molecular weight is 344 g/mol. The first-order valence-electron chi connectivity index (χ1n) is 8.72. The number of carbonyl (C=O) groups excluding carboxylic acids is 1. The molecule has 0 radical (unpaired) electrons. The quantitative estimate of drug-likeness (QED) is 0.792. The minimum absolute atomic E-state index is 0.0394. The summed E-state index contributed by atoms with van der Waals surface area (Å²) in [5, 5.41) is 3.26. The molecule has 7 heteroatoms. The lowest BCUT2D eigenvalue weighted by Gasteiger charge is -2.20. The number of nitrogens with one attached hydrogen (secondary N) is 1. The highest BCUT2D eigenvalue weighted by atomic mass is 16.5. The van der Waals surface area contributed by atoms with Gasteiger partial charge in [-0.15, -0.1) is 0 Å². The maximum absolute atomic E-state index is 12.7. The molecule has 0 unspecified atom stereocenters. The van der Waals surface area contributed by atoms with Crippen LogP contribution >= 0.6 is 0 Å². The molecular weight excluding hydrogens is 320 g/mol. The largest absolute Gasteiger partial charge is 0.385 e. The fourth-order valence-corrected chi connectivity index (χ4v) is 3.19. The number of amides is 1. The summed E-state index contributed by atoms with van der Waals surface area (Å²) in [7, 11) is 1.62. The zero-order chi connectivity index (χ0) is 17.8. The van der Waals surface area contributed by atoms with E-state index >= 15 is 0 Å². The third kappa shape index (κ3) is 4.04. The summed E-state index contributed by atoms with van der Waals surface area (Å²) in [6.45, 7) is 3.28. The maximum atomic E-state index is 12.7. The van der Waals surface area contributed by atoms with Gasteiger partial charge in [0.1, 0.15) is 12.9 Å². The first-order valence-corrected chi connectivity index (χ1v) is 8.72. The summed E-state index contributed by atoms with van der Waals surface area (Å²) >= 11 is 0. The Bertz CT molecular complexity index is 831. The molecule has 25 heavy (non-hydrogen) atoms. The van der Waals surface area contributed by atoms with Gasteiger partial charge in [0, 0.05) is 26.0 Å². The fourth-order valence-electron chi connectivity index (χ4n) is 3.19. The van der Waals surface area contributed by atoms with E-state index in [-0.39, 0.29) is 18.0 Å². The molecule has 2 heterocycles. The Morgan fingerprint density at radius 3 is 3.12 bits per heavy atom. The molecule has 1 atom stereocenters. The number of carbonyl (C=O) groups is 1. The summed E-state index contributed by atoms with van der Waals surface area (Å²) in [4.78, 5) is 33.5. The average Bonchev–Trinajstić information content (AvgIpc) is 2.60. The highest BCUT2D eigenvalue weighted by Gasteiger charge is 2.19. The van der Waals surface area contributed by atoms with Gasteiger partial charge in [-0.3, -0.25) is 14.2 Å². The molecule has 1 N–H and O–H groups in total. The molecule has 0 aromatic carbocycles. The topological polar surface area (TPSA) is 86.1 Å². The molecule has 0 spiro atoms. The van der Waals surface area contributed by atoms with E-state index in [0.717, 1.165) is 36.9 Å². The lowest BCUT2D eigenvalue weighted by Crippen LogP contribution is -2.33. The molecule has 3 rings (SSSR count). The molecule has 2 aromatic heterocycles. The van der Waals surface area contributed by atoms with Crippen molar-refractivity contribution in [3.8, 4) is 0 Å². The minimum atomic E-state index is -0.217. The van der Waals surface area contributed by atoms with E-state index in [9.17, 15) is 9.59 Å². The van der Waals surface area contributed by atoms with Crippen molar-refractivity contribution in [1.82, 2.24) is 19.9 Å². The zero-order valence-corrected chi connectivity index (χ0v) is 14.7. The van der Waals surface area contributed by atoms with Crippen molar-refractivity contribution < 1.29 is 9.53 Å². The monoisotopic (exact) mass is 344 g/mol. The van der Waals surface area contributed by atoms with Crippen LogP contribution in [0.15, 0.2) is 17.2 Å². The van der Waals surface area contributed by atoms with Crippen LogP contribution in [0.2, 0.25) is 0 Å². The number of aromatic nitrogens is 3. The van der Waals surface area contributed by atoms with Gasteiger partial charge >= 0.3 is 0 Å². The second-order valence-electron chi connectivity index (χ2n) is 6.69. The van der Waals surface area contributed by atoms with E-state index in [1.165, 1.54) is 10.9 Å². The Balaban J connectivity index is 1.80. The third-order valence-corrected chi connectivity index (χ3v) is 4.59. The van der Waals surface area contributed by atoms with Crippen LogP contribution in [0.25, 0.3) is 11.0 Å². The van der Waals surface area contributed by atoms with Crippen LogP contribution in [0.4, 0.5) is 0 Å². The van der Waals surface area contributed by atoms with Crippen LogP contribution in [0.3, 0.4) is 0 Å². The Kier molecular flexibility index (Phi) is 5.43. The predicted octanol–water partition coefficient (Wildman–Crippen LogP) is 1.07. The number of methoxy groups -OCH3 is 1. The van der Waals surface area contributed by atoms with Gasteiger partial charge < -0.3 is 10.1 Å². The van der Waals surface area contributed by atoms with Gasteiger partial charge in [-0.2, -0.15) is 0 Å². The summed E-state index contributed by atoms with van der Waals surface area (Å²) in [5.74, 6) is 0.391. The van der Waals surface area contributed by atoms with E-state index in [2.05, 4.69) is 22.2 Å². The summed E-state index contributed by atoms with van der Waals surface area (Å²) < 4.78 is 6.28. The van der Waals surface area contributed by atoms with Gasteiger partial charge in [-0.05, 0) is 43.2 Å². The summed E-state index contributed by atoms with van der Waals surface area (Å²) in [5.41, 5.74) is 2.43. The number of pyridine rings is 1. The number of nitrogens with zero attached hydrogens (tertiary/aromatic N) is 3. The molecule has 2 aromatic rings. The molecule has 1 aliphatic carbocycles. The van der Waals surface area contributed by atoms with Gasteiger partial charge in [-0.25, -0.2) is 9.97 Å². The number of rotatable bonds is 6. The van der Waals surface area contributed by atoms with Crippen LogP contribution in [-0.4, -0.2) is 40.7 Å². The SMILES string of the molecule is COCCCNC(=O)Cn1cnc2nc3c(cc2c1=O)C[C@@H](C)CC3. The van der Waals surface area contributed by atoms with E-state index in [1.807, 2.05) is 6.07 Å². The molecule has 0 saturated carbocycles. The van der Waals surface area contributed by atoms with Gasteiger partial charge in [0.15, 0.2) is 5.65 Å². The number of ether oxygens (including phenoxy) is 1. The van der Waals surface area contributed by atoms with Crippen LogP contribution in [-0.2, 0) is 28.9 Å². The van der Waals surface area contributed by atoms with Gasteiger partial charge in [0.25, 0.3) is 5.56 Å². The van der Waals surface area contributed by atoms with Crippen molar-refractivity contribution in [3.05, 3.63) is 34.0 Å². The molecule has 0 saturated heterocycles. The number of aryl methyl sites for hydroxylation is 1. The van der Waals surface area contributed by atoms with Crippen LogP contribution < -0.4 is 10.9 Å². The molecule has 1 amide bonds. The second kappa shape index (κ2) is 7.74. The summed E-state index contributed by atoms with van der Waals surface area (Å²) in [6.07, 6.45) is 5.13. The van der Waals surface area contributed by atoms with Crippen molar-refractivity contribution in [2.45, 2.75) is 39.2 Å². The molecule has 0 aliphatic heterocycles. The Labute approximate surface area is 146 Å². The molecule has 1 aliphatic rings. The van der Waals surface area contributed by atoms with Gasteiger partial charge in [-0.1, -0.05) is 6.92 Å². The van der Waals surface area contributed by atoms with Crippen LogP contribution in [0.1, 0.15) is 31.0 Å². The standard InChI is InChI=1S/C18H24N4O3/c1-12-4-5-15-13(8-12)9-14-17(21-15)20-11-22(18(14)24)10-16(23)19-6-3-7-25-2/h9,11-12H,3-8,10H2,1-2H3,(H,19,23)/t12-/m0/s1. The van der Waals surface area contributed by atoms with Crippen molar-refractivity contribution in [2.24, 2.45) is 5.92 Å². The van der Waals surface area contributed by atoms with Crippen LogP contribution in [0, 0.1) is 5.92 Å². The van der Waals surface area contributed by atoms with Crippen molar-refractivity contribution in [2.75, 3.05) is 20.3 Å². The highest BCUT2D eigenvalue weighted by Crippen LogP contribution is 2.25. The van der Waals surface area contributed by atoms with Gasteiger partial charge in [0.05, 0.1) is 5.39 Å². The normalized spacial score (nSPS) is 16.6. The smallest absolute Gasteiger partial charge is 0.263 e. The first kappa shape index (κ1) is 17.5. The van der Waals surface area contributed by atoms with E-state index in [4.69, 9.17) is 4.74 Å². The number of hydrogen-bond donors (Lipinski definition) is 1. The van der Waals surface area contributed by atoms with E-state index < -0.39 is 0 Å². The number of fused-ring (bicyclic) bond motifs is 2. The summed E-state index contributed by atoms with van der Waals surface area (Å²) in [6, 6.07) is 1.91. The molecule has 0 bridgehead atoms. The second-order valence-corrected chi connectivity index (χ2v) is 6.69. The Morgan fingerprint density at radius 1 is 1.48 bits per heavy atom. The van der Waals surface area contributed by atoms with E-state index in [1.54, 1.807) is 7.11 Å². The maximum Gasteiger partial charge on any atom is 0.263 e. The third-order valence-electron chi connectivity index (χ3n) is 4.59. The van der Waals surface area contributed by atoms with E-state index in [0.29, 0.717) is 30.1 Å². The number of hydrogen-bond acceptors (Lipinski definition) is 5. The Hall–Kier alpha value is -2.28. The van der Waals surface area contributed by atoms with Crippen molar-refractivity contribution >= 4 is 16.9 Å². The van der Waals surface area contributed by atoms with Crippen molar-refractivity contribution in [1.29, 1.82) is 0 Å². The van der Waals surface area contributed by atoms with Crippen LogP contribution in [0.5, 0.6) is 0 Å². The fraction of sp³-hybridized carbons (Fsp3) is 0.556. The first-order chi connectivity index (χ1) is 12.1. The van der Waals surface area contributed by atoms with Gasteiger partial charge in [0.2, 0.25) is 5.91 Å². The predicted molar refractivity (Wildman–Crippen MR) is 94.5 cm³/mol. The lowest BCUT2D eigenvalue weighted by molar-refractivity contribution is -0.121. The minimum Gasteiger partial charge on any atom is -0.385 e. The van der Waals surface area contributed by atoms with Crippen molar-refractivity contribution in [3.63, 3.8) is 0 Å². The lowest BCUT2D eigenvalue weighted by atomic mass is 9.87. The Morgan fingerprint density at radius 2 is 2.32 bits per heavy atom. The molecule has 134 valence electrons. The molecule has 7 nitrogen and oxygen atoms in total. The zero-order valence-electron chi connectivity index (χ0n) is 14.7. The molecular formula is C18H24N4O3. The highest BCUT2D eigenvalue weighted by molar-refractivity contribution is 5.77.